The molecule has 106 valence electrons. The lowest BCUT2D eigenvalue weighted by atomic mass is 10.2. The first kappa shape index (κ1) is 13.8. The minimum absolute atomic E-state index is 0.324. The third-order valence-electron chi connectivity index (χ3n) is 3.67. The van der Waals surface area contributed by atoms with E-state index in [2.05, 4.69) is 42.9 Å². The molecule has 0 radical (unpaired) electrons. The fourth-order valence-electron chi connectivity index (χ4n) is 2.66. The number of nitrogens with zero attached hydrogens (tertiary/aromatic N) is 3. The lowest BCUT2D eigenvalue weighted by Crippen LogP contribution is -2.03. The summed E-state index contributed by atoms with van der Waals surface area (Å²) in [5.74, 6) is 1.02. The molecule has 0 fully saturated rings. The Hall–Kier alpha value is -2.12. The summed E-state index contributed by atoms with van der Waals surface area (Å²) in [4.78, 5) is 6.05. The van der Waals surface area contributed by atoms with Gasteiger partial charge in [-0.2, -0.15) is 5.26 Å². The number of imidazole rings is 1. The molecule has 0 aliphatic carbocycles. The summed E-state index contributed by atoms with van der Waals surface area (Å²) in [5.41, 5.74) is 3.98. The molecule has 0 spiro atoms. The standard InChI is InChI=1S/C17H17N3S/c1-4-13-7-8-21-16(13)17-19-14-9-12(10-18)5-6-15(14)20(17)11(2)3/h5-9,11H,4H2,1-3H3. The number of aromatic nitrogens is 2. The first-order valence-electron chi connectivity index (χ1n) is 7.14. The van der Waals surface area contributed by atoms with Crippen LogP contribution in [0.2, 0.25) is 0 Å². The van der Waals surface area contributed by atoms with Gasteiger partial charge >= 0.3 is 0 Å². The number of hydrogen-bond donors (Lipinski definition) is 0. The van der Waals surface area contributed by atoms with Gasteiger partial charge in [0, 0.05) is 6.04 Å². The summed E-state index contributed by atoms with van der Waals surface area (Å²) >= 11 is 1.74. The first-order valence-corrected chi connectivity index (χ1v) is 8.02. The van der Waals surface area contributed by atoms with Crippen LogP contribution in [0.15, 0.2) is 29.6 Å². The van der Waals surface area contributed by atoms with Crippen LogP contribution >= 0.6 is 11.3 Å². The highest BCUT2D eigenvalue weighted by molar-refractivity contribution is 7.13. The molecule has 21 heavy (non-hydrogen) atoms. The van der Waals surface area contributed by atoms with E-state index in [0.717, 1.165) is 23.3 Å². The van der Waals surface area contributed by atoms with Gasteiger partial charge in [0.05, 0.1) is 27.5 Å². The Kier molecular flexibility index (Phi) is 3.52. The van der Waals surface area contributed by atoms with E-state index in [4.69, 9.17) is 10.2 Å². The Balaban J connectivity index is 2.32. The molecule has 0 unspecified atom stereocenters. The molecule has 0 amide bonds. The molecule has 0 saturated heterocycles. The zero-order chi connectivity index (χ0) is 15.0. The van der Waals surface area contributed by atoms with Crippen LogP contribution in [0, 0.1) is 11.3 Å². The second-order valence-corrected chi connectivity index (χ2v) is 6.26. The largest absolute Gasteiger partial charge is 0.321 e. The second kappa shape index (κ2) is 5.34. The smallest absolute Gasteiger partial charge is 0.151 e. The van der Waals surface area contributed by atoms with E-state index < -0.39 is 0 Å². The third-order valence-corrected chi connectivity index (χ3v) is 4.62. The molecular formula is C17H17N3S. The third kappa shape index (κ3) is 2.24. The van der Waals surface area contributed by atoms with Gasteiger partial charge in [0.15, 0.2) is 5.82 Å². The zero-order valence-electron chi connectivity index (χ0n) is 12.4. The molecule has 2 aromatic heterocycles. The molecule has 0 N–H and O–H groups in total. The Morgan fingerprint density at radius 2 is 2.14 bits per heavy atom. The minimum Gasteiger partial charge on any atom is -0.321 e. The van der Waals surface area contributed by atoms with Gasteiger partial charge in [-0.25, -0.2) is 4.98 Å². The normalized spacial score (nSPS) is 11.2. The zero-order valence-corrected chi connectivity index (χ0v) is 13.2. The van der Waals surface area contributed by atoms with Crippen molar-refractivity contribution in [3.8, 4) is 16.8 Å². The van der Waals surface area contributed by atoms with Crippen molar-refractivity contribution in [2.24, 2.45) is 0 Å². The number of hydrogen-bond acceptors (Lipinski definition) is 3. The first-order chi connectivity index (χ1) is 10.2. The molecule has 0 atom stereocenters. The van der Waals surface area contributed by atoms with Crippen LogP contribution in [-0.2, 0) is 6.42 Å². The van der Waals surface area contributed by atoms with Gasteiger partial charge in [-0.1, -0.05) is 6.92 Å². The quantitative estimate of drug-likeness (QED) is 0.697. The number of thiophene rings is 1. The van der Waals surface area contributed by atoms with Gasteiger partial charge in [-0.3, -0.25) is 0 Å². The Morgan fingerprint density at radius 1 is 1.33 bits per heavy atom. The van der Waals surface area contributed by atoms with E-state index >= 15 is 0 Å². The highest BCUT2D eigenvalue weighted by atomic mass is 32.1. The van der Waals surface area contributed by atoms with Crippen LogP contribution in [0.5, 0.6) is 0 Å². The number of rotatable bonds is 3. The molecule has 2 heterocycles. The number of benzene rings is 1. The average Bonchev–Trinajstić information content (AvgIpc) is 3.09. The molecule has 0 saturated carbocycles. The molecule has 0 aliphatic heterocycles. The van der Waals surface area contributed by atoms with E-state index in [1.165, 1.54) is 10.4 Å². The Morgan fingerprint density at radius 3 is 2.81 bits per heavy atom. The van der Waals surface area contributed by atoms with E-state index in [9.17, 15) is 0 Å². The van der Waals surface area contributed by atoms with Gasteiger partial charge in [0.1, 0.15) is 0 Å². The highest BCUT2D eigenvalue weighted by Gasteiger charge is 2.18. The van der Waals surface area contributed by atoms with E-state index in [1.807, 2.05) is 18.2 Å². The maximum Gasteiger partial charge on any atom is 0.151 e. The SMILES string of the molecule is CCc1ccsc1-c1nc2cc(C#N)ccc2n1C(C)C. The van der Waals surface area contributed by atoms with Crippen LogP contribution in [0.25, 0.3) is 21.7 Å². The summed E-state index contributed by atoms with van der Waals surface area (Å²) in [7, 11) is 0. The van der Waals surface area contributed by atoms with Crippen LogP contribution in [0.4, 0.5) is 0 Å². The molecule has 3 nitrogen and oxygen atoms in total. The molecule has 0 bridgehead atoms. The summed E-state index contributed by atoms with van der Waals surface area (Å²) < 4.78 is 2.27. The molecule has 0 aliphatic rings. The predicted molar refractivity (Wildman–Crippen MR) is 87.5 cm³/mol. The van der Waals surface area contributed by atoms with Gasteiger partial charge < -0.3 is 4.57 Å². The Labute approximate surface area is 128 Å². The molecular weight excluding hydrogens is 278 g/mol. The van der Waals surface area contributed by atoms with Crippen molar-refractivity contribution >= 4 is 22.4 Å². The lowest BCUT2D eigenvalue weighted by Gasteiger charge is -2.13. The van der Waals surface area contributed by atoms with Crippen molar-refractivity contribution in [2.45, 2.75) is 33.2 Å². The number of nitriles is 1. The number of fused-ring (bicyclic) bond motifs is 1. The highest BCUT2D eigenvalue weighted by Crippen LogP contribution is 2.34. The van der Waals surface area contributed by atoms with Gasteiger partial charge in [0.2, 0.25) is 0 Å². The minimum atomic E-state index is 0.324. The predicted octanol–water partition coefficient (Wildman–Crippen LogP) is 4.78. The van der Waals surface area contributed by atoms with Gasteiger partial charge in [-0.05, 0) is 55.5 Å². The average molecular weight is 295 g/mol. The molecule has 4 heteroatoms. The van der Waals surface area contributed by atoms with Gasteiger partial charge in [0.25, 0.3) is 0 Å². The van der Waals surface area contributed by atoms with E-state index in [-0.39, 0.29) is 0 Å². The monoisotopic (exact) mass is 295 g/mol. The summed E-state index contributed by atoms with van der Waals surface area (Å²) in [6.07, 6.45) is 1.00. The second-order valence-electron chi connectivity index (χ2n) is 5.34. The van der Waals surface area contributed by atoms with Crippen LogP contribution < -0.4 is 0 Å². The summed E-state index contributed by atoms with van der Waals surface area (Å²) in [6.45, 7) is 6.51. The van der Waals surface area contributed by atoms with Crippen LogP contribution in [0.1, 0.15) is 37.9 Å². The maximum absolute atomic E-state index is 9.07. The van der Waals surface area contributed by atoms with Crippen molar-refractivity contribution in [3.05, 3.63) is 40.8 Å². The molecule has 3 aromatic rings. The number of aryl methyl sites for hydroxylation is 1. The van der Waals surface area contributed by atoms with Gasteiger partial charge in [-0.15, -0.1) is 11.3 Å². The van der Waals surface area contributed by atoms with Crippen LogP contribution in [-0.4, -0.2) is 9.55 Å². The lowest BCUT2D eigenvalue weighted by molar-refractivity contribution is 0.625. The maximum atomic E-state index is 9.07. The van der Waals surface area contributed by atoms with Crippen molar-refractivity contribution < 1.29 is 0 Å². The summed E-state index contributed by atoms with van der Waals surface area (Å²) in [6, 6.07) is 10.4. The van der Waals surface area contributed by atoms with Crippen LogP contribution in [0.3, 0.4) is 0 Å². The molecule has 1 aromatic carbocycles. The fourth-order valence-corrected chi connectivity index (χ4v) is 3.64. The summed E-state index contributed by atoms with van der Waals surface area (Å²) in [5, 5.41) is 11.2. The molecule has 3 rings (SSSR count). The van der Waals surface area contributed by atoms with E-state index in [0.29, 0.717) is 11.6 Å². The topological polar surface area (TPSA) is 41.6 Å². The van der Waals surface area contributed by atoms with Crippen molar-refractivity contribution in [1.29, 1.82) is 5.26 Å². The Bertz CT molecular complexity index is 833. The van der Waals surface area contributed by atoms with Crippen molar-refractivity contribution in [1.82, 2.24) is 9.55 Å². The van der Waals surface area contributed by atoms with Crippen molar-refractivity contribution in [3.63, 3.8) is 0 Å². The van der Waals surface area contributed by atoms with E-state index in [1.54, 1.807) is 11.3 Å². The van der Waals surface area contributed by atoms with Crippen molar-refractivity contribution in [2.75, 3.05) is 0 Å². The fraction of sp³-hybridized carbons (Fsp3) is 0.294.